The number of anilines is 1. The molecule has 1 aliphatic heterocycles. The molecule has 0 spiro atoms. The number of rotatable bonds is 3. The van der Waals surface area contributed by atoms with Gasteiger partial charge in [0, 0.05) is 56.8 Å². The molecule has 1 fully saturated rings. The van der Waals surface area contributed by atoms with Crippen LogP contribution in [0.25, 0.3) is 10.9 Å². The Bertz CT molecular complexity index is 846. The Morgan fingerprint density at radius 1 is 1.12 bits per heavy atom. The Hall–Kier alpha value is -3.09. The van der Waals surface area contributed by atoms with Gasteiger partial charge in [0.2, 0.25) is 5.95 Å². The highest BCUT2D eigenvalue weighted by Gasteiger charge is 2.21. The van der Waals surface area contributed by atoms with Crippen LogP contribution in [0.3, 0.4) is 0 Å². The number of para-hydroxylation sites is 1. The first-order chi connectivity index (χ1) is 12.8. The standard InChI is InChI=1S/C19H23N7/c1-20-18(23-14-16-13-15-5-2-3-6-17(15)24-16)25-9-11-26(12-10-25)19-21-7-4-8-22-19/h2-8,13,24H,9-12,14H2,1H3,(H,20,23). The second-order valence-corrected chi connectivity index (χ2v) is 6.31. The van der Waals surface area contributed by atoms with Gasteiger partial charge < -0.3 is 20.1 Å². The third kappa shape index (κ3) is 3.46. The SMILES string of the molecule is CN=C(NCc1cc2ccccc2[nH]1)N1CCN(c2ncccn2)CC1. The highest BCUT2D eigenvalue weighted by Crippen LogP contribution is 2.15. The topological polar surface area (TPSA) is 72.4 Å². The van der Waals surface area contributed by atoms with Crippen molar-refractivity contribution in [3.63, 3.8) is 0 Å². The molecule has 3 aromatic rings. The Morgan fingerprint density at radius 2 is 1.88 bits per heavy atom. The van der Waals surface area contributed by atoms with Crippen LogP contribution in [0.15, 0.2) is 53.8 Å². The number of benzene rings is 1. The highest BCUT2D eigenvalue weighted by molar-refractivity contribution is 5.82. The van der Waals surface area contributed by atoms with E-state index < -0.39 is 0 Å². The summed E-state index contributed by atoms with van der Waals surface area (Å²) in [5.41, 5.74) is 2.32. The number of H-pyrrole nitrogens is 1. The molecule has 26 heavy (non-hydrogen) atoms. The maximum Gasteiger partial charge on any atom is 0.225 e. The Balaban J connectivity index is 1.35. The molecule has 0 bridgehead atoms. The first-order valence-electron chi connectivity index (χ1n) is 8.88. The number of piperazine rings is 1. The molecule has 7 nitrogen and oxygen atoms in total. The Kier molecular flexibility index (Phi) is 4.68. The van der Waals surface area contributed by atoms with E-state index in [1.165, 1.54) is 5.39 Å². The fraction of sp³-hybridized carbons (Fsp3) is 0.316. The summed E-state index contributed by atoms with van der Waals surface area (Å²) in [5, 5.41) is 4.70. The second kappa shape index (κ2) is 7.43. The van der Waals surface area contributed by atoms with E-state index in [4.69, 9.17) is 0 Å². The van der Waals surface area contributed by atoms with E-state index in [0.29, 0.717) is 0 Å². The Morgan fingerprint density at radius 3 is 2.62 bits per heavy atom. The largest absolute Gasteiger partial charge is 0.357 e. The number of hydrogen-bond donors (Lipinski definition) is 2. The molecule has 2 aromatic heterocycles. The quantitative estimate of drug-likeness (QED) is 0.558. The van der Waals surface area contributed by atoms with E-state index >= 15 is 0 Å². The number of fused-ring (bicyclic) bond motifs is 1. The number of aromatic nitrogens is 3. The molecule has 0 atom stereocenters. The zero-order chi connectivity index (χ0) is 17.8. The van der Waals surface area contributed by atoms with Crippen molar-refractivity contribution in [1.82, 2.24) is 25.2 Å². The summed E-state index contributed by atoms with van der Waals surface area (Å²) < 4.78 is 0. The molecule has 1 aromatic carbocycles. The molecule has 2 N–H and O–H groups in total. The maximum atomic E-state index is 4.45. The molecule has 3 heterocycles. The Labute approximate surface area is 152 Å². The summed E-state index contributed by atoms with van der Waals surface area (Å²) in [7, 11) is 1.83. The van der Waals surface area contributed by atoms with E-state index in [-0.39, 0.29) is 0 Å². The number of nitrogens with one attached hydrogen (secondary N) is 2. The van der Waals surface area contributed by atoms with Gasteiger partial charge in [-0.2, -0.15) is 0 Å². The summed E-state index contributed by atoms with van der Waals surface area (Å²) in [6, 6.07) is 12.3. The molecule has 1 saturated heterocycles. The van der Waals surface area contributed by atoms with Gasteiger partial charge in [0.15, 0.2) is 5.96 Å². The van der Waals surface area contributed by atoms with Crippen LogP contribution in [-0.4, -0.2) is 59.0 Å². The average Bonchev–Trinajstić information content (AvgIpc) is 3.12. The van der Waals surface area contributed by atoms with Gasteiger partial charge >= 0.3 is 0 Å². The summed E-state index contributed by atoms with van der Waals surface area (Å²) in [6.07, 6.45) is 3.57. The molecular formula is C19H23N7. The minimum absolute atomic E-state index is 0.726. The monoisotopic (exact) mass is 349 g/mol. The number of hydrogen-bond acceptors (Lipinski definition) is 4. The number of nitrogens with zero attached hydrogens (tertiary/aromatic N) is 5. The van der Waals surface area contributed by atoms with Crippen molar-refractivity contribution in [2.24, 2.45) is 4.99 Å². The molecule has 134 valence electrons. The average molecular weight is 349 g/mol. The third-order valence-corrected chi connectivity index (χ3v) is 4.65. The van der Waals surface area contributed by atoms with Gasteiger partial charge in [0.05, 0.1) is 6.54 Å². The van der Waals surface area contributed by atoms with Gasteiger partial charge in [-0.05, 0) is 23.6 Å². The van der Waals surface area contributed by atoms with Crippen molar-refractivity contribution < 1.29 is 0 Å². The lowest BCUT2D eigenvalue weighted by atomic mass is 10.2. The molecule has 1 aliphatic rings. The molecular weight excluding hydrogens is 326 g/mol. The lowest BCUT2D eigenvalue weighted by Crippen LogP contribution is -2.52. The molecule has 7 heteroatoms. The predicted molar refractivity (Wildman–Crippen MR) is 104 cm³/mol. The van der Waals surface area contributed by atoms with E-state index in [9.17, 15) is 0 Å². The van der Waals surface area contributed by atoms with Gasteiger partial charge in [0.1, 0.15) is 0 Å². The van der Waals surface area contributed by atoms with Gasteiger partial charge in [-0.1, -0.05) is 18.2 Å². The van der Waals surface area contributed by atoms with Crippen molar-refractivity contribution in [1.29, 1.82) is 0 Å². The van der Waals surface area contributed by atoms with Crippen LogP contribution in [0, 0.1) is 0 Å². The first-order valence-corrected chi connectivity index (χ1v) is 8.88. The minimum atomic E-state index is 0.726. The molecule has 0 saturated carbocycles. The number of aromatic amines is 1. The van der Waals surface area contributed by atoms with Crippen molar-refractivity contribution in [3.05, 3.63) is 54.5 Å². The van der Waals surface area contributed by atoms with Crippen molar-refractivity contribution in [2.45, 2.75) is 6.54 Å². The van der Waals surface area contributed by atoms with Crippen LogP contribution in [0.4, 0.5) is 5.95 Å². The van der Waals surface area contributed by atoms with Crippen LogP contribution in [-0.2, 0) is 6.54 Å². The van der Waals surface area contributed by atoms with E-state index in [1.54, 1.807) is 12.4 Å². The van der Waals surface area contributed by atoms with Crippen molar-refractivity contribution in [3.8, 4) is 0 Å². The fourth-order valence-corrected chi connectivity index (χ4v) is 3.31. The van der Waals surface area contributed by atoms with Gasteiger partial charge in [-0.25, -0.2) is 9.97 Å². The minimum Gasteiger partial charge on any atom is -0.357 e. The van der Waals surface area contributed by atoms with Crippen molar-refractivity contribution >= 4 is 22.8 Å². The summed E-state index contributed by atoms with van der Waals surface area (Å²) in [4.78, 5) is 21.1. The molecule has 0 aliphatic carbocycles. The number of aliphatic imine (C=N–C) groups is 1. The van der Waals surface area contributed by atoms with E-state index in [2.05, 4.69) is 59.3 Å². The van der Waals surface area contributed by atoms with Gasteiger partial charge in [-0.3, -0.25) is 4.99 Å². The van der Waals surface area contributed by atoms with E-state index in [0.717, 1.165) is 55.8 Å². The van der Waals surface area contributed by atoms with Crippen LogP contribution in [0.1, 0.15) is 5.69 Å². The fourth-order valence-electron chi connectivity index (χ4n) is 3.31. The first kappa shape index (κ1) is 16.4. The van der Waals surface area contributed by atoms with Crippen LogP contribution in [0.5, 0.6) is 0 Å². The van der Waals surface area contributed by atoms with Crippen molar-refractivity contribution in [2.75, 3.05) is 38.1 Å². The maximum absolute atomic E-state index is 4.45. The summed E-state index contributed by atoms with van der Waals surface area (Å²) >= 11 is 0. The zero-order valence-electron chi connectivity index (χ0n) is 14.9. The van der Waals surface area contributed by atoms with Crippen LogP contribution < -0.4 is 10.2 Å². The summed E-state index contributed by atoms with van der Waals surface area (Å²) in [6.45, 7) is 4.28. The smallest absolute Gasteiger partial charge is 0.225 e. The van der Waals surface area contributed by atoms with E-state index in [1.807, 2.05) is 19.2 Å². The van der Waals surface area contributed by atoms with Crippen LogP contribution >= 0.6 is 0 Å². The predicted octanol–water partition coefficient (Wildman–Crippen LogP) is 1.86. The second-order valence-electron chi connectivity index (χ2n) is 6.31. The number of guanidine groups is 1. The molecule has 4 rings (SSSR count). The van der Waals surface area contributed by atoms with Crippen LogP contribution in [0.2, 0.25) is 0 Å². The summed E-state index contributed by atoms with van der Waals surface area (Å²) in [5.74, 6) is 1.73. The normalized spacial score (nSPS) is 15.5. The highest BCUT2D eigenvalue weighted by atomic mass is 15.4. The lowest BCUT2D eigenvalue weighted by Gasteiger charge is -2.36. The van der Waals surface area contributed by atoms with Gasteiger partial charge in [-0.15, -0.1) is 0 Å². The zero-order valence-corrected chi connectivity index (χ0v) is 14.9. The third-order valence-electron chi connectivity index (χ3n) is 4.65. The molecule has 0 radical (unpaired) electrons. The van der Waals surface area contributed by atoms with Gasteiger partial charge in [0.25, 0.3) is 0 Å². The molecule has 0 amide bonds. The lowest BCUT2D eigenvalue weighted by molar-refractivity contribution is 0.370. The molecule has 0 unspecified atom stereocenters.